The highest BCUT2D eigenvalue weighted by atomic mass is 16.6. The molecule has 5 nitrogen and oxygen atoms in total. The quantitative estimate of drug-likeness (QED) is 0.773. The molecule has 1 saturated carbocycles. The average Bonchev–Trinajstić information content (AvgIpc) is 2.80. The molecule has 0 saturated heterocycles. The Labute approximate surface area is 95.2 Å². The van der Waals surface area contributed by atoms with Gasteiger partial charge in [0, 0.05) is 0 Å². The van der Waals surface area contributed by atoms with Crippen molar-refractivity contribution in [3.05, 3.63) is 0 Å². The van der Waals surface area contributed by atoms with Gasteiger partial charge in [0.2, 0.25) is 0 Å². The molecule has 1 atom stereocenters. The van der Waals surface area contributed by atoms with Crippen LogP contribution in [0, 0.1) is 5.92 Å². The number of carbonyl (C=O) groups excluding carboxylic acids is 1. The van der Waals surface area contributed by atoms with Gasteiger partial charge >= 0.3 is 12.1 Å². The van der Waals surface area contributed by atoms with Crippen LogP contribution in [0.5, 0.6) is 0 Å². The fraction of sp³-hybridized carbons (Fsp3) is 0.818. The zero-order valence-electron chi connectivity index (χ0n) is 10.2. The summed E-state index contributed by atoms with van der Waals surface area (Å²) in [6, 6.07) is 0. The minimum Gasteiger partial charge on any atom is -0.480 e. The monoisotopic (exact) mass is 229 g/mol. The summed E-state index contributed by atoms with van der Waals surface area (Å²) in [6.45, 7) is 6.74. The molecule has 0 aliphatic heterocycles. The number of hydrogen-bond acceptors (Lipinski definition) is 3. The van der Waals surface area contributed by atoms with Crippen molar-refractivity contribution < 1.29 is 19.4 Å². The van der Waals surface area contributed by atoms with Gasteiger partial charge in [-0.05, 0) is 46.5 Å². The molecule has 0 heterocycles. The number of carboxylic acids is 1. The summed E-state index contributed by atoms with van der Waals surface area (Å²) >= 11 is 0. The smallest absolute Gasteiger partial charge is 0.408 e. The van der Waals surface area contributed by atoms with E-state index in [1.165, 1.54) is 6.92 Å². The van der Waals surface area contributed by atoms with E-state index in [0.29, 0.717) is 0 Å². The second kappa shape index (κ2) is 3.96. The molecule has 92 valence electrons. The molecule has 0 bridgehead atoms. The first-order valence-corrected chi connectivity index (χ1v) is 5.40. The van der Waals surface area contributed by atoms with Crippen LogP contribution < -0.4 is 5.32 Å². The lowest BCUT2D eigenvalue weighted by Gasteiger charge is -2.28. The minimum absolute atomic E-state index is 0.0116. The zero-order chi connectivity index (χ0) is 12.6. The van der Waals surface area contributed by atoms with Gasteiger partial charge in [-0.25, -0.2) is 9.59 Å². The normalized spacial score (nSPS) is 19.8. The van der Waals surface area contributed by atoms with E-state index < -0.39 is 23.2 Å². The standard InChI is InChI=1S/C11H19NO4/c1-10(2,3)16-9(15)12-11(4,8(13)14)7-5-6-7/h7H,5-6H2,1-4H3,(H,12,15)(H,13,14)/t11-/m1/s1. The summed E-state index contributed by atoms with van der Waals surface area (Å²) < 4.78 is 5.05. The van der Waals surface area contributed by atoms with Gasteiger partial charge < -0.3 is 15.2 Å². The third-order valence-electron chi connectivity index (χ3n) is 2.60. The molecule has 0 spiro atoms. The number of aliphatic carboxylic acids is 1. The number of hydrogen-bond donors (Lipinski definition) is 2. The SMILES string of the molecule is CC(C)(C)OC(=O)N[C@@](C)(C(=O)O)C1CC1. The number of amides is 1. The number of ether oxygens (including phenoxy) is 1. The number of alkyl carbamates (subject to hydrolysis) is 1. The summed E-state index contributed by atoms with van der Waals surface area (Å²) in [7, 11) is 0. The van der Waals surface area contributed by atoms with Crippen molar-refractivity contribution in [3.8, 4) is 0 Å². The third-order valence-corrected chi connectivity index (χ3v) is 2.60. The summed E-state index contributed by atoms with van der Waals surface area (Å²) in [5, 5.41) is 11.6. The molecule has 1 rings (SSSR count). The zero-order valence-corrected chi connectivity index (χ0v) is 10.2. The van der Waals surface area contributed by atoms with E-state index in [2.05, 4.69) is 5.32 Å². The second-order valence-electron chi connectivity index (χ2n) is 5.41. The maximum absolute atomic E-state index is 11.5. The maximum Gasteiger partial charge on any atom is 0.408 e. The topological polar surface area (TPSA) is 75.6 Å². The van der Waals surface area contributed by atoms with E-state index in [-0.39, 0.29) is 5.92 Å². The summed E-state index contributed by atoms with van der Waals surface area (Å²) in [5.74, 6) is -1.00. The molecule has 5 heteroatoms. The Morgan fingerprint density at radius 3 is 2.06 bits per heavy atom. The van der Waals surface area contributed by atoms with Gasteiger partial charge in [-0.2, -0.15) is 0 Å². The van der Waals surface area contributed by atoms with E-state index >= 15 is 0 Å². The Hall–Kier alpha value is -1.26. The lowest BCUT2D eigenvalue weighted by Crippen LogP contribution is -2.55. The highest BCUT2D eigenvalue weighted by molar-refractivity contribution is 5.84. The van der Waals surface area contributed by atoms with Crippen molar-refractivity contribution in [2.24, 2.45) is 5.92 Å². The Morgan fingerprint density at radius 1 is 1.25 bits per heavy atom. The van der Waals surface area contributed by atoms with Gasteiger partial charge in [0.1, 0.15) is 11.1 Å². The predicted molar refractivity (Wildman–Crippen MR) is 58.1 cm³/mol. The van der Waals surface area contributed by atoms with Crippen LogP contribution in [-0.2, 0) is 9.53 Å². The molecule has 2 N–H and O–H groups in total. The number of rotatable bonds is 3. The fourth-order valence-corrected chi connectivity index (χ4v) is 1.51. The molecule has 0 aromatic heterocycles. The summed E-state index contributed by atoms with van der Waals surface area (Å²) in [5.41, 5.74) is -1.82. The molecule has 0 unspecified atom stereocenters. The highest BCUT2D eigenvalue weighted by Gasteiger charge is 2.49. The van der Waals surface area contributed by atoms with E-state index in [1.54, 1.807) is 20.8 Å². The molecule has 1 aliphatic rings. The van der Waals surface area contributed by atoms with Gasteiger partial charge in [-0.3, -0.25) is 0 Å². The predicted octanol–water partition coefficient (Wildman–Crippen LogP) is 1.76. The summed E-state index contributed by atoms with van der Waals surface area (Å²) in [6.07, 6.45) is 0.987. The first kappa shape index (κ1) is 12.8. The van der Waals surface area contributed by atoms with Crippen LogP contribution in [0.1, 0.15) is 40.5 Å². The van der Waals surface area contributed by atoms with Crippen molar-refractivity contribution in [2.75, 3.05) is 0 Å². The first-order chi connectivity index (χ1) is 7.15. The van der Waals surface area contributed by atoms with Crippen molar-refractivity contribution in [1.82, 2.24) is 5.32 Å². The van der Waals surface area contributed by atoms with Gasteiger partial charge in [-0.15, -0.1) is 0 Å². The molecule has 0 aromatic rings. The molecule has 1 fully saturated rings. The summed E-state index contributed by atoms with van der Waals surface area (Å²) in [4.78, 5) is 22.6. The molecule has 1 amide bonds. The van der Waals surface area contributed by atoms with Gasteiger partial charge in [-0.1, -0.05) is 0 Å². The van der Waals surface area contributed by atoms with Crippen molar-refractivity contribution in [1.29, 1.82) is 0 Å². The maximum atomic E-state index is 11.5. The molecule has 16 heavy (non-hydrogen) atoms. The Kier molecular flexibility index (Phi) is 3.17. The highest BCUT2D eigenvalue weighted by Crippen LogP contribution is 2.39. The Morgan fingerprint density at radius 2 is 1.75 bits per heavy atom. The fourth-order valence-electron chi connectivity index (χ4n) is 1.51. The van der Waals surface area contributed by atoms with Crippen LogP contribution >= 0.6 is 0 Å². The van der Waals surface area contributed by atoms with Crippen LogP contribution in [0.4, 0.5) is 4.79 Å². The minimum atomic E-state index is -1.21. The lowest BCUT2D eigenvalue weighted by molar-refractivity contribution is -0.145. The van der Waals surface area contributed by atoms with Crippen LogP contribution in [0.2, 0.25) is 0 Å². The van der Waals surface area contributed by atoms with Crippen molar-refractivity contribution >= 4 is 12.1 Å². The molecular weight excluding hydrogens is 210 g/mol. The average molecular weight is 229 g/mol. The van der Waals surface area contributed by atoms with Crippen LogP contribution in [0.15, 0.2) is 0 Å². The third kappa shape index (κ3) is 3.12. The molecule has 1 aliphatic carbocycles. The second-order valence-corrected chi connectivity index (χ2v) is 5.41. The van der Waals surface area contributed by atoms with Gasteiger partial charge in [0.15, 0.2) is 0 Å². The van der Waals surface area contributed by atoms with Crippen LogP contribution in [-0.4, -0.2) is 28.3 Å². The van der Waals surface area contributed by atoms with E-state index in [0.717, 1.165) is 12.8 Å². The Bertz CT molecular complexity index is 304. The Balaban J connectivity index is 2.63. The van der Waals surface area contributed by atoms with E-state index in [4.69, 9.17) is 9.84 Å². The largest absolute Gasteiger partial charge is 0.480 e. The number of carboxylic acid groups (broad SMARTS) is 1. The lowest BCUT2D eigenvalue weighted by atomic mass is 9.96. The van der Waals surface area contributed by atoms with E-state index in [9.17, 15) is 9.59 Å². The van der Waals surface area contributed by atoms with Gasteiger partial charge in [0.05, 0.1) is 0 Å². The van der Waals surface area contributed by atoms with Crippen molar-refractivity contribution in [3.63, 3.8) is 0 Å². The first-order valence-electron chi connectivity index (χ1n) is 5.40. The molecular formula is C11H19NO4. The molecule has 0 radical (unpaired) electrons. The van der Waals surface area contributed by atoms with Gasteiger partial charge in [0.25, 0.3) is 0 Å². The number of carbonyl (C=O) groups is 2. The van der Waals surface area contributed by atoms with E-state index in [1.807, 2.05) is 0 Å². The van der Waals surface area contributed by atoms with Crippen LogP contribution in [0.25, 0.3) is 0 Å². The molecule has 0 aromatic carbocycles. The van der Waals surface area contributed by atoms with Crippen LogP contribution in [0.3, 0.4) is 0 Å². The number of nitrogens with one attached hydrogen (secondary N) is 1. The van der Waals surface area contributed by atoms with Crippen molar-refractivity contribution in [2.45, 2.75) is 51.7 Å².